The fourth-order valence-electron chi connectivity index (χ4n) is 5.05. The Morgan fingerprint density at radius 3 is 2.65 bits per heavy atom. The van der Waals surface area contributed by atoms with Crippen LogP contribution < -0.4 is 5.73 Å². The maximum absolute atomic E-state index is 13.8. The first kappa shape index (κ1) is 19.7. The van der Waals surface area contributed by atoms with E-state index in [9.17, 15) is 9.18 Å². The number of aromatic nitrogens is 3. The maximum Gasteiger partial charge on any atom is 0.248 e. The second-order valence-electron chi connectivity index (χ2n) is 8.68. The van der Waals surface area contributed by atoms with Crippen molar-refractivity contribution in [1.82, 2.24) is 15.0 Å². The number of hydrogen-bond donors (Lipinski definition) is 2. The van der Waals surface area contributed by atoms with Gasteiger partial charge in [0.25, 0.3) is 0 Å². The number of carbonyl (C=O) groups excluding carboxylic acids is 1. The van der Waals surface area contributed by atoms with Gasteiger partial charge in [-0.3, -0.25) is 9.78 Å². The molecule has 2 aromatic carbocycles. The van der Waals surface area contributed by atoms with Crippen LogP contribution in [0.25, 0.3) is 21.9 Å². The van der Waals surface area contributed by atoms with E-state index in [0.29, 0.717) is 17.4 Å². The van der Waals surface area contributed by atoms with Crippen molar-refractivity contribution in [3.05, 3.63) is 71.4 Å². The van der Waals surface area contributed by atoms with Crippen molar-refractivity contribution in [2.24, 2.45) is 11.7 Å². The van der Waals surface area contributed by atoms with Gasteiger partial charge in [0.2, 0.25) is 5.91 Å². The van der Waals surface area contributed by atoms with Gasteiger partial charge in [-0.05, 0) is 85.5 Å². The molecule has 5 rings (SSSR count). The summed E-state index contributed by atoms with van der Waals surface area (Å²) >= 11 is 0. The number of hydrogen-bond acceptors (Lipinski definition) is 3. The van der Waals surface area contributed by atoms with Crippen molar-refractivity contribution >= 4 is 27.8 Å². The highest BCUT2D eigenvalue weighted by atomic mass is 19.1. The third-order valence-electron chi connectivity index (χ3n) is 6.87. The van der Waals surface area contributed by atoms with Crippen LogP contribution in [0.2, 0.25) is 0 Å². The molecule has 1 saturated carbocycles. The average molecular weight is 417 g/mol. The standard InChI is InChI=1S/C25H25FN4O/c1-14(25-29-22-8-6-17(24(27)31)12-23(22)30-25)15-2-4-16(5-3-15)19-10-11-28-21-9-7-18(26)13-20(19)21/h6-16H,2-5H2,1H3,(H2,27,31)(H,29,30)/t14-,15?,16?/m1/s1. The summed E-state index contributed by atoms with van der Waals surface area (Å²) in [6.07, 6.45) is 6.15. The smallest absolute Gasteiger partial charge is 0.248 e. The highest BCUT2D eigenvalue weighted by Gasteiger charge is 2.29. The minimum atomic E-state index is -0.437. The van der Waals surface area contributed by atoms with Crippen LogP contribution in [0, 0.1) is 11.7 Å². The molecular formula is C25H25FN4O. The highest BCUT2D eigenvalue weighted by Crippen LogP contribution is 2.43. The van der Waals surface area contributed by atoms with Gasteiger partial charge in [-0.1, -0.05) is 6.92 Å². The van der Waals surface area contributed by atoms with Crippen LogP contribution in [-0.2, 0) is 0 Å². The van der Waals surface area contributed by atoms with Gasteiger partial charge < -0.3 is 10.7 Å². The number of benzene rings is 2. The summed E-state index contributed by atoms with van der Waals surface area (Å²) in [6.45, 7) is 2.22. The number of fused-ring (bicyclic) bond motifs is 2. The number of primary amides is 1. The van der Waals surface area contributed by atoms with Crippen molar-refractivity contribution in [2.45, 2.75) is 44.4 Å². The second-order valence-corrected chi connectivity index (χ2v) is 8.68. The molecule has 0 saturated heterocycles. The fraction of sp³-hybridized carbons (Fsp3) is 0.320. The van der Waals surface area contributed by atoms with Gasteiger partial charge in [0.15, 0.2) is 0 Å². The summed E-state index contributed by atoms with van der Waals surface area (Å²) in [5.74, 6) is 1.54. The first-order valence-corrected chi connectivity index (χ1v) is 10.8. The lowest BCUT2D eigenvalue weighted by molar-refractivity contribution is 0.100. The van der Waals surface area contributed by atoms with E-state index >= 15 is 0 Å². The molecule has 1 aliphatic rings. The van der Waals surface area contributed by atoms with Crippen molar-refractivity contribution in [3.63, 3.8) is 0 Å². The number of nitrogens with one attached hydrogen (secondary N) is 1. The quantitative estimate of drug-likeness (QED) is 0.465. The van der Waals surface area contributed by atoms with Gasteiger partial charge in [0, 0.05) is 23.1 Å². The lowest BCUT2D eigenvalue weighted by Gasteiger charge is -2.32. The van der Waals surface area contributed by atoms with Crippen molar-refractivity contribution < 1.29 is 9.18 Å². The molecule has 2 aromatic heterocycles. The summed E-state index contributed by atoms with van der Waals surface area (Å²) in [5.41, 5.74) is 9.64. The number of nitrogens with zero attached hydrogens (tertiary/aromatic N) is 2. The molecule has 1 aliphatic carbocycles. The lowest BCUT2D eigenvalue weighted by atomic mass is 9.73. The number of pyridine rings is 1. The minimum Gasteiger partial charge on any atom is -0.366 e. The zero-order chi connectivity index (χ0) is 21.5. The van der Waals surface area contributed by atoms with Gasteiger partial charge in [0.1, 0.15) is 11.6 Å². The van der Waals surface area contributed by atoms with E-state index in [1.165, 1.54) is 11.6 Å². The Balaban J connectivity index is 1.33. The Hall–Kier alpha value is -3.28. The second kappa shape index (κ2) is 7.76. The summed E-state index contributed by atoms with van der Waals surface area (Å²) in [4.78, 5) is 24.0. The Morgan fingerprint density at radius 2 is 1.87 bits per heavy atom. The Morgan fingerprint density at radius 1 is 1.10 bits per heavy atom. The van der Waals surface area contributed by atoms with E-state index in [2.05, 4.69) is 16.9 Å². The molecule has 5 nitrogen and oxygen atoms in total. The SMILES string of the molecule is C[C@@H](c1nc2ccc(C(N)=O)cc2[nH]1)C1CCC(c2ccnc3ccc(F)cc23)CC1. The van der Waals surface area contributed by atoms with Gasteiger partial charge in [-0.25, -0.2) is 9.37 Å². The lowest BCUT2D eigenvalue weighted by Crippen LogP contribution is -2.19. The van der Waals surface area contributed by atoms with Crippen LogP contribution in [0.1, 0.15) is 66.2 Å². The zero-order valence-corrected chi connectivity index (χ0v) is 17.4. The van der Waals surface area contributed by atoms with Gasteiger partial charge >= 0.3 is 0 Å². The predicted molar refractivity (Wildman–Crippen MR) is 119 cm³/mol. The molecule has 4 aromatic rings. The van der Waals surface area contributed by atoms with E-state index in [-0.39, 0.29) is 11.7 Å². The first-order chi connectivity index (χ1) is 15.0. The normalized spacial score (nSPS) is 20.2. The molecule has 0 radical (unpaired) electrons. The van der Waals surface area contributed by atoms with E-state index in [1.807, 2.05) is 18.3 Å². The fourth-order valence-corrected chi connectivity index (χ4v) is 5.05. The average Bonchev–Trinajstić information content (AvgIpc) is 3.21. The number of rotatable bonds is 4. The molecule has 1 atom stereocenters. The van der Waals surface area contributed by atoms with Crippen LogP contribution in [0.5, 0.6) is 0 Å². The predicted octanol–water partition coefficient (Wildman–Crippen LogP) is 5.43. The largest absolute Gasteiger partial charge is 0.366 e. The van der Waals surface area contributed by atoms with Gasteiger partial charge in [-0.2, -0.15) is 0 Å². The first-order valence-electron chi connectivity index (χ1n) is 10.8. The molecule has 158 valence electrons. The van der Waals surface area contributed by atoms with E-state index < -0.39 is 5.91 Å². The van der Waals surface area contributed by atoms with Crippen LogP contribution >= 0.6 is 0 Å². The Bertz CT molecular complexity index is 1270. The molecule has 0 unspecified atom stereocenters. The van der Waals surface area contributed by atoms with Gasteiger partial charge in [-0.15, -0.1) is 0 Å². The van der Waals surface area contributed by atoms with E-state index in [0.717, 1.165) is 53.4 Å². The molecule has 0 aliphatic heterocycles. The number of imidazole rings is 1. The number of amides is 1. The van der Waals surface area contributed by atoms with Crippen molar-refractivity contribution in [2.75, 3.05) is 0 Å². The topological polar surface area (TPSA) is 84.7 Å². The van der Waals surface area contributed by atoms with E-state index in [1.54, 1.807) is 24.3 Å². The molecule has 6 heteroatoms. The number of H-pyrrole nitrogens is 1. The van der Waals surface area contributed by atoms with E-state index in [4.69, 9.17) is 10.7 Å². The monoisotopic (exact) mass is 416 g/mol. The number of nitrogens with two attached hydrogens (primary N) is 1. The summed E-state index contributed by atoms with van der Waals surface area (Å²) in [7, 11) is 0. The van der Waals surface area contributed by atoms with Crippen LogP contribution in [0.15, 0.2) is 48.7 Å². The summed E-state index contributed by atoms with van der Waals surface area (Å²) in [6, 6.07) is 12.2. The highest BCUT2D eigenvalue weighted by molar-refractivity contribution is 5.96. The van der Waals surface area contributed by atoms with Crippen LogP contribution in [-0.4, -0.2) is 20.9 Å². The number of carbonyl (C=O) groups is 1. The molecule has 2 heterocycles. The summed E-state index contributed by atoms with van der Waals surface area (Å²) < 4.78 is 13.8. The molecule has 1 amide bonds. The number of halogens is 1. The Labute approximate surface area is 179 Å². The van der Waals surface area contributed by atoms with Crippen molar-refractivity contribution in [3.8, 4) is 0 Å². The molecule has 3 N–H and O–H groups in total. The van der Waals surface area contributed by atoms with Crippen molar-refractivity contribution in [1.29, 1.82) is 0 Å². The van der Waals surface area contributed by atoms with Crippen LogP contribution in [0.3, 0.4) is 0 Å². The molecule has 31 heavy (non-hydrogen) atoms. The van der Waals surface area contributed by atoms with Crippen LogP contribution in [0.4, 0.5) is 4.39 Å². The molecule has 0 spiro atoms. The third-order valence-corrected chi connectivity index (χ3v) is 6.87. The maximum atomic E-state index is 13.8. The molecular weight excluding hydrogens is 391 g/mol. The number of aromatic amines is 1. The minimum absolute atomic E-state index is 0.214. The third kappa shape index (κ3) is 3.67. The van der Waals surface area contributed by atoms with Gasteiger partial charge in [0.05, 0.1) is 16.6 Å². The zero-order valence-electron chi connectivity index (χ0n) is 17.4. The molecule has 0 bridgehead atoms. The Kier molecular flexibility index (Phi) is 4.93. The molecule has 1 fully saturated rings. The summed E-state index contributed by atoms with van der Waals surface area (Å²) in [5, 5.41) is 0.932.